The lowest BCUT2D eigenvalue weighted by molar-refractivity contribution is -0.165. The maximum atomic E-state index is 12.1. The number of carbonyl (C=O) groups excluding carboxylic acids is 1. The number of rotatable bonds is 5. The van der Waals surface area contributed by atoms with E-state index in [0.29, 0.717) is 12.6 Å². The molecule has 1 aromatic rings. The second-order valence-corrected chi connectivity index (χ2v) is 4.26. The summed E-state index contributed by atoms with van der Waals surface area (Å²) < 4.78 is 36.2. The average Bonchev–Trinajstić information content (AvgIpc) is 2.34. The van der Waals surface area contributed by atoms with Gasteiger partial charge in [-0.15, -0.1) is 11.8 Å². The van der Waals surface area contributed by atoms with Crippen molar-refractivity contribution in [1.29, 1.82) is 0 Å². The Bertz CT molecular complexity index is 429. The van der Waals surface area contributed by atoms with Crippen molar-refractivity contribution in [3.05, 3.63) is 47.0 Å². The minimum atomic E-state index is -4.82. The minimum absolute atomic E-state index is 0.196. The van der Waals surface area contributed by atoms with E-state index in [4.69, 9.17) is 0 Å². The number of ketones is 1. The van der Waals surface area contributed by atoms with Crippen LogP contribution in [0.3, 0.4) is 0 Å². The van der Waals surface area contributed by atoms with E-state index in [1.54, 1.807) is 6.26 Å². The van der Waals surface area contributed by atoms with Crippen molar-refractivity contribution in [2.45, 2.75) is 12.7 Å². The summed E-state index contributed by atoms with van der Waals surface area (Å²) in [5.41, 5.74) is 0.928. The van der Waals surface area contributed by atoms with E-state index in [2.05, 4.69) is 5.32 Å². The SMILES string of the molecule is CS/C(=C\C(=O)C(F)(F)F)NCc1ccccc1. The van der Waals surface area contributed by atoms with Crippen LogP contribution in [0.25, 0.3) is 0 Å². The average molecular weight is 275 g/mol. The van der Waals surface area contributed by atoms with Gasteiger partial charge in [-0.25, -0.2) is 0 Å². The molecule has 1 N–H and O–H groups in total. The molecular weight excluding hydrogens is 263 g/mol. The van der Waals surface area contributed by atoms with Crippen molar-refractivity contribution in [3.8, 4) is 0 Å². The molecule has 0 spiro atoms. The molecule has 0 aliphatic carbocycles. The van der Waals surface area contributed by atoms with Crippen molar-refractivity contribution >= 4 is 17.5 Å². The van der Waals surface area contributed by atoms with Gasteiger partial charge in [0.15, 0.2) is 0 Å². The quantitative estimate of drug-likeness (QED) is 0.837. The van der Waals surface area contributed by atoms with Crippen molar-refractivity contribution in [1.82, 2.24) is 5.32 Å². The van der Waals surface area contributed by atoms with Gasteiger partial charge in [0.25, 0.3) is 5.78 Å². The first-order chi connectivity index (χ1) is 8.43. The first-order valence-corrected chi connectivity index (χ1v) is 6.30. The smallest absolute Gasteiger partial charge is 0.376 e. The number of benzene rings is 1. The summed E-state index contributed by atoms with van der Waals surface area (Å²) >= 11 is 1.06. The van der Waals surface area contributed by atoms with E-state index in [1.807, 2.05) is 30.3 Å². The second kappa shape index (κ2) is 6.49. The highest BCUT2D eigenvalue weighted by atomic mass is 32.2. The molecule has 0 radical (unpaired) electrons. The van der Waals surface area contributed by atoms with Crippen LogP contribution in [0.4, 0.5) is 13.2 Å². The number of nitrogens with one attached hydrogen (secondary N) is 1. The van der Waals surface area contributed by atoms with Crippen molar-refractivity contribution in [2.75, 3.05) is 6.26 Å². The van der Waals surface area contributed by atoms with Crippen LogP contribution in [0.2, 0.25) is 0 Å². The second-order valence-electron chi connectivity index (χ2n) is 3.41. The van der Waals surface area contributed by atoms with Gasteiger partial charge in [0.1, 0.15) is 0 Å². The van der Waals surface area contributed by atoms with Gasteiger partial charge in [-0.3, -0.25) is 4.79 Å². The Hall–Kier alpha value is -1.43. The van der Waals surface area contributed by atoms with E-state index in [0.717, 1.165) is 17.3 Å². The van der Waals surface area contributed by atoms with E-state index < -0.39 is 12.0 Å². The van der Waals surface area contributed by atoms with Crippen LogP contribution in [0, 0.1) is 0 Å². The van der Waals surface area contributed by atoms with Gasteiger partial charge in [-0.05, 0) is 11.8 Å². The van der Waals surface area contributed by atoms with Gasteiger partial charge in [0.2, 0.25) is 0 Å². The molecule has 0 aliphatic heterocycles. The molecule has 6 heteroatoms. The zero-order valence-corrected chi connectivity index (χ0v) is 10.4. The third kappa shape index (κ3) is 4.83. The molecule has 0 aliphatic rings. The summed E-state index contributed by atoms with van der Waals surface area (Å²) in [6.45, 7) is 0.374. The highest BCUT2D eigenvalue weighted by Gasteiger charge is 2.36. The molecule has 0 aromatic heterocycles. The summed E-state index contributed by atoms with van der Waals surface area (Å²) in [4.78, 5) is 10.8. The summed E-state index contributed by atoms with van der Waals surface area (Å²) in [5, 5.41) is 2.99. The number of hydrogen-bond acceptors (Lipinski definition) is 3. The Morgan fingerprint density at radius 2 is 1.94 bits per heavy atom. The van der Waals surface area contributed by atoms with Crippen LogP contribution < -0.4 is 5.32 Å². The fourth-order valence-electron chi connectivity index (χ4n) is 1.17. The molecule has 18 heavy (non-hydrogen) atoms. The van der Waals surface area contributed by atoms with Gasteiger partial charge in [0, 0.05) is 12.6 Å². The molecule has 0 bridgehead atoms. The van der Waals surface area contributed by atoms with Gasteiger partial charge in [-0.1, -0.05) is 30.3 Å². The summed E-state index contributed by atoms with van der Waals surface area (Å²) in [5.74, 6) is -1.85. The molecule has 0 atom stereocenters. The van der Waals surface area contributed by atoms with Crippen LogP contribution in [0.15, 0.2) is 41.4 Å². The minimum Gasteiger partial charge on any atom is -0.376 e. The van der Waals surface area contributed by atoms with E-state index >= 15 is 0 Å². The number of halogens is 3. The molecule has 0 heterocycles. The van der Waals surface area contributed by atoms with Crippen LogP contribution in [-0.2, 0) is 11.3 Å². The molecule has 1 rings (SSSR count). The maximum Gasteiger partial charge on any atom is 0.454 e. The Labute approximate surface area is 107 Å². The van der Waals surface area contributed by atoms with Crippen LogP contribution in [-0.4, -0.2) is 18.2 Å². The fraction of sp³-hybridized carbons (Fsp3) is 0.250. The number of alkyl halides is 3. The highest BCUT2D eigenvalue weighted by molar-refractivity contribution is 8.02. The Balaban J connectivity index is 2.63. The molecule has 98 valence electrons. The normalized spacial score (nSPS) is 12.3. The van der Waals surface area contributed by atoms with E-state index in [9.17, 15) is 18.0 Å². The number of allylic oxidation sites excluding steroid dienone is 1. The largest absolute Gasteiger partial charge is 0.454 e. The number of carbonyl (C=O) groups is 1. The van der Waals surface area contributed by atoms with Crippen LogP contribution >= 0.6 is 11.8 Å². The molecular formula is C12H12F3NOS. The highest BCUT2D eigenvalue weighted by Crippen LogP contribution is 2.19. The summed E-state index contributed by atoms with van der Waals surface area (Å²) in [6.07, 6.45) is -2.64. The molecule has 0 amide bonds. The van der Waals surface area contributed by atoms with Crippen molar-refractivity contribution < 1.29 is 18.0 Å². The Morgan fingerprint density at radius 1 is 1.33 bits per heavy atom. The molecule has 0 unspecified atom stereocenters. The molecule has 2 nitrogen and oxygen atoms in total. The van der Waals surface area contributed by atoms with Gasteiger partial charge in [-0.2, -0.15) is 13.2 Å². The predicted molar refractivity (Wildman–Crippen MR) is 65.9 cm³/mol. The van der Waals surface area contributed by atoms with E-state index in [-0.39, 0.29) is 5.03 Å². The molecule has 0 saturated heterocycles. The third-order valence-corrected chi connectivity index (χ3v) is 2.77. The predicted octanol–water partition coefficient (Wildman–Crippen LogP) is 3.11. The van der Waals surface area contributed by atoms with Crippen molar-refractivity contribution in [2.24, 2.45) is 0 Å². The van der Waals surface area contributed by atoms with Gasteiger partial charge < -0.3 is 5.32 Å². The zero-order valence-electron chi connectivity index (χ0n) is 9.62. The topological polar surface area (TPSA) is 29.1 Å². The van der Waals surface area contributed by atoms with Crippen molar-refractivity contribution in [3.63, 3.8) is 0 Å². The standard InChI is InChI=1S/C12H12F3NOS/c1-18-11(7-10(17)12(13,14)15)16-8-9-5-3-2-4-6-9/h2-7,16H,8H2,1H3/b11-7-. The van der Waals surface area contributed by atoms with Crippen LogP contribution in [0.5, 0.6) is 0 Å². The van der Waals surface area contributed by atoms with Gasteiger partial charge >= 0.3 is 6.18 Å². The first-order valence-electron chi connectivity index (χ1n) is 5.08. The van der Waals surface area contributed by atoms with E-state index in [1.165, 1.54) is 0 Å². The maximum absolute atomic E-state index is 12.1. The lowest BCUT2D eigenvalue weighted by atomic mass is 10.2. The monoisotopic (exact) mass is 275 g/mol. The lowest BCUT2D eigenvalue weighted by Gasteiger charge is -2.09. The summed E-state index contributed by atoms with van der Waals surface area (Å²) in [7, 11) is 0. The Kier molecular flexibility index (Phi) is 5.27. The van der Waals surface area contributed by atoms with Gasteiger partial charge in [0.05, 0.1) is 5.03 Å². The third-order valence-electron chi connectivity index (χ3n) is 2.07. The number of hydrogen-bond donors (Lipinski definition) is 1. The summed E-state index contributed by atoms with van der Waals surface area (Å²) in [6, 6.07) is 9.20. The lowest BCUT2D eigenvalue weighted by Crippen LogP contribution is -2.22. The fourth-order valence-corrected chi connectivity index (χ4v) is 1.61. The molecule has 0 fully saturated rings. The van der Waals surface area contributed by atoms with Crippen LogP contribution in [0.1, 0.15) is 5.56 Å². The number of thioether (sulfide) groups is 1. The zero-order chi connectivity index (χ0) is 13.6. The molecule has 0 saturated carbocycles. The Morgan fingerprint density at radius 3 is 2.44 bits per heavy atom. The molecule has 1 aromatic carbocycles. The first kappa shape index (κ1) is 14.6.